The Hall–Kier alpha value is -3.56. The van der Waals surface area contributed by atoms with Crippen molar-refractivity contribution in [2.24, 2.45) is 0 Å². The number of Topliss-reactive ketones (excluding diaryl/α,β-unsaturated/α-hetero) is 1. The highest BCUT2D eigenvalue weighted by Crippen LogP contribution is 2.48. The fraction of sp³-hybridized carbons (Fsp3) is 0.250. The Morgan fingerprint density at radius 3 is 2.35 bits per heavy atom. The lowest BCUT2D eigenvalue weighted by atomic mass is 10.1. The number of carbonyl (C=O) groups is 2. The Balaban J connectivity index is 2.14. The number of anilines is 3. The highest BCUT2D eigenvalue weighted by atomic mass is 16.5. The summed E-state index contributed by atoms with van der Waals surface area (Å²) in [5.74, 6) is -0.631. The molecule has 3 rings (SSSR count). The van der Waals surface area contributed by atoms with Gasteiger partial charge in [0.25, 0.3) is 11.7 Å². The molecule has 10 heteroatoms. The first-order valence-corrected chi connectivity index (χ1v) is 7.48. The minimum absolute atomic E-state index is 0.0116. The molecule has 1 aliphatic rings. The van der Waals surface area contributed by atoms with Crippen LogP contribution in [0.1, 0.15) is 15.9 Å². The third kappa shape index (κ3) is 2.51. The number of nitrogens with zero attached hydrogens (tertiary/aromatic N) is 3. The van der Waals surface area contributed by atoms with Gasteiger partial charge in [-0.2, -0.15) is 4.98 Å². The molecule has 1 amide bonds. The molecule has 2 heterocycles. The first kappa shape index (κ1) is 17.3. The summed E-state index contributed by atoms with van der Waals surface area (Å²) in [4.78, 5) is 34.1. The number of methoxy groups -OCH3 is 3. The molecule has 10 nitrogen and oxygen atoms in total. The SMILES string of the molecule is COc1cc2c(c(OC)c1OC)C(=O)C(=O)N2Cc1cnc(N)nc1N. The maximum atomic E-state index is 12.5. The van der Waals surface area contributed by atoms with Gasteiger partial charge in [0, 0.05) is 17.8 Å². The fourth-order valence-electron chi connectivity index (χ4n) is 2.80. The largest absolute Gasteiger partial charge is 0.493 e. The minimum atomic E-state index is -0.732. The summed E-state index contributed by atoms with van der Waals surface area (Å²) >= 11 is 0. The maximum absolute atomic E-state index is 12.5. The zero-order valence-corrected chi connectivity index (χ0v) is 14.4. The Morgan fingerprint density at radius 2 is 1.77 bits per heavy atom. The average molecular weight is 359 g/mol. The van der Waals surface area contributed by atoms with Crippen molar-refractivity contribution in [3.05, 3.63) is 23.4 Å². The number of amides is 1. The number of benzene rings is 1. The van der Waals surface area contributed by atoms with E-state index in [4.69, 9.17) is 25.7 Å². The van der Waals surface area contributed by atoms with Gasteiger partial charge in [0.05, 0.1) is 39.1 Å². The highest BCUT2D eigenvalue weighted by Gasteiger charge is 2.41. The number of ether oxygens (including phenoxy) is 3. The van der Waals surface area contributed by atoms with Crippen LogP contribution in [-0.4, -0.2) is 43.0 Å². The molecular formula is C16H17N5O5. The summed E-state index contributed by atoms with van der Waals surface area (Å²) in [6, 6.07) is 1.54. The number of hydrogen-bond donors (Lipinski definition) is 2. The number of ketones is 1. The maximum Gasteiger partial charge on any atom is 0.299 e. The van der Waals surface area contributed by atoms with E-state index in [1.54, 1.807) is 0 Å². The van der Waals surface area contributed by atoms with Crippen LogP contribution in [0, 0.1) is 0 Å². The smallest absolute Gasteiger partial charge is 0.299 e. The monoisotopic (exact) mass is 359 g/mol. The second-order valence-electron chi connectivity index (χ2n) is 5.40. The van der Waals surface area contributed by atoms with Gasteiger partial charge in [-0.1, -0.05) is 0 Å². The van der Waals surface area contributed by atoms with Gasteiger partial charge in [-0.3, -0.25) is 14.5 Å². The second-order valence-corrected chi connectivity index (χ2v) is 5.40. The van der Waals surface area contributed by atoms with Crippen molar-refractivity contribution in [2.45, 2.75) is 6.54 Å². The van der Waals surface area contributed by atoms with Gasteiger partial charge < -0.3 is 25.7 Å². The van der Waals surface area contributed by atoms with Gasteiger partial charge in [0.1, 0.15) is 5.82 Å². The van der Waals surface area contributed by atoms with Crippen LogP contribution in [0.15, 0.2) is 12.3 Å². The number of rotatable bonds is 5. The molecule has 0 atom stereocenters. The summed E-state index contributed by atoms with van der Waals surface area (Å²) in [5.41, 5.74) is 12.2. The minimum Gasteiger partial charge on any atom is -0.493 e. The van der Waals surface area contributed by atoms with Crippen LogP contribution in [0.3, 0.4) is 0 Å². The number of carbonyl (C=O) groups excluding carboxylic acids is 2. The van der Waals surface area contributed by atoms with E-state index < -0.39 is 11.7 Å². The molecule has 0 fully saturated rings. The summed E-state index contributed by atoms with van der Waals surface area (Å²) in [5, 5.41) is 0. The van der Waals surface area contributed by atoms with E-state index in [1.807, 2.05) is 0 Å². The molecule has 1 aromatic carbocycles. The molecule has 4 N–H and O–H groups in total. The second kappa shape index (κ2) is 6.39. The van der Waals surface area contributed by atoms with E-state index in [0.29, 0.717) is 17.0 Å². The van der Waals surface area contributed by atoms with Crippen LogP contribution >= 0.6 is 0 Å². The third-order valence-corrected chi connectivity index (χ3v) is 4.01. The van der Waals surface area contributed by atoms with E-state index in [0.717, 1.165) is 0 Å². The molecule has 0 saturated carbocycles. The number of aromatic nitrogens is 2. The molecule has 0 radical (unpaired) electrons. The van der Waals surface area contributed by atoms with Gasteiger partial charge in [0.2, 0.25) is 11.7 Å². The van der Waals surface area contributed by atoms with E-state index in [2.05, 4.69) is 9.97 Å². The molecule has 26 heavy (non-hydrogen) atoms. The number of nitrogen functional groups attached to an aromatic ring is 2. The molecule has 1 aromatic heterocycles. The number of hydrogen-bond acceptors (Lipinski definition) is 9. The molecule has 0 unspecified atom stereocenters. The van der Waals surface area contributed by atoms with Crippen LogP contribution in [0.25, 0.3) is 0 Å². The zero-order valence-electron chi connectivity index (χ0n) is 14.4. The third-order valence-electron chi connectivity index (χ3n) is 4.01. The van der Waals surface area contributed by atoms with Crippen molar-refractivity contribution >= 4 is 29.1 Å². The van der Waals surface area contributed by atoms with Crippen molar-refractivity contribution in [3.8, 4) is 17.2 Å². The molecule has 0 saturated heterocycles. The topological polar surface area (TPSA) is 143 Å². The lowest BCUT2D eigenvalue weighted by molar-refractivity contribution is -0.114. The van der Waals surface area contributed by atoms with Crippen molar-refractivity contribution < 1.29 is 23.8 Å². The van der Waals surface area contributed by atoms with Gasteiger partial charge in [-0.05, 0) is 0 Å². The van der Waals surface area contributed by atoms with E-state index >= 15 is 0 Å². The molecule has 1 aliphatic heterocycles. The summed E-state index contributed by atoms with van der Waals surface area (Å²) in [7, 11) is 4.24. The summed E-state index contributed by atoms with van der Waals surface area (Å²) < 4.78 is 15.9. The highest BCUT2D eigenvalue weighted by molar-refractivity contribution is 6.53. The molecule has 136 valence electrons. The van der Waals surface area contributed by atoms with Crippen molar-refractivity contribution in [2.75, 3.05) is 37.7 Å². The summed E-state index contributed by atoms with van der Waals surface area (Å²) in [6.45, 7) is -0.0116. The van der Waals surface area contributed by atoms with Crippen LogP contribution < -0.4 is 30.6 Å². The van der Waals surface area contributed by atoms with E-state index in [1.165, 1.54) is 38.5 Å². The predicted molar refractivity (Wildman–Crippen MR) is 92.5 cm³/mol. The Labute approximate surface area is 148 Å². The lowest BCUT2D eigenvalue weighted by Gasteiger charge is -2.20. The van der Waals surface area contributed by atoms with Gasteiger partial charge in [0.15, 0.2) is 11.5 Å². The molecular weight excluding hydrogens is 342 g/mol. The lowest BCUT2D eigenvalue weighted by Crippen LogP contribution is -2.29. The Kier molecular flexibility index (Phi) is 4.24. The molecule has 0 aliphatic carbocycles. The Morgan fingerprint density at radius 1 is 1.08 bits per heavy atom. The number of fused-ring (bicyclic) bond motifs is 1. The van der Waals surface area contributed by atoms with E-state index in [-0.39, 0.29) is 35.4 Å². The van der Waals surface area contributed by atoms with Crippen molar-refractivity contribution in [1.82, 2.24) is 9.97 Å². The van der Waals surface area contributed by atoms with Crippen molar-refractivity contribution in [1.29, 1.82) is 0 Å². The van der Waals surface area contributed by atoms with Gasteiger partial charge >= 0.3 is 0 Å². The van der Waals surface area contributed by atoms with Crippen LogP contribution in [-0.2, 0) is 11.3 Å². The zero-order chi connectivity index (χ0) is 19.0. The Bertz CT molecular complexity index is 914. The fourth-order valence-corrected chi connectivity index (χ4v) is 2.80. The van der Waals surface area contributed by atoms with Crippen molar-refractivity contribution in [3.63, 3.8) is 0 Å². The van der Waals surface area contributed by atoms with Crippen LogP contribution in [0.5, 0.6) is 17.2 Å². The van der Waals surface area contributed by atoms with E-state index in [9.17, 15) is 9.59 Å². The van der Waals surface area contributed by atoms with Crippen LogP contribution in [0.4, 0.5) is 17.5 Å². The quantitative estimate of drug-likeness (QED) is 0.725. The van der Waals surface area contributed by atoms with Gasteiger partial charge in [-0.15, -0.1) is 0 Å². The standard InChI is InChI=1S/C16H17N5O5/c1-24-9-4-8-10(13(26-3)12(9)25-2)11(22)15(23)21(8)6-7-5-19-16(18)20-14(7)17/h4-5H,6H2,1-3H3,(H4,17,18,19,20). The molecule has 0 bridgehead atoms. The average Bonchev–Trinajstić information content (AvgIpc) is 2.86. The molecule has 0 spiro atoms. The first-order valence-electron chi connectivity index (χ1n) is 7.48. The number of nitrogens with two attached hydrogens (primary N) is 2. The summed E-state index contributed by atoms with van der Waals surface area (Å²) in [6.07, 6.45) is 1.41. The normalized spacial score (nSPS) is 13.0. The van der Waals surface area contributed by atoms with Gasteiger partial charge in [-0.25, -0.2) is 4.98 Å². The molecule has 2 aromatic rings. The first-order chi connectivity index (χ1) is 12.4. The predicted octanol–water partition coefficient (Wildman–Crippen LogP) is 0.396. The van der Waals surface area contributed by atoms with Crippen LogP contribution in [0.2, 0.25) is 0 Å².